The Balaban J connectivity index is 0.00000145. The molecule has 29 heavy (non-hydrogen) atoms. The van der Waals surface area contributed by atoms with E-state index in [1.54, 1.807) is 12.1 Å². The van der Waals surface area contributed by atoms with Crippen molar-refractivity contribution >= 4 is 12.0 Å². The van der Waals surface area contributed by atoms with Crippen LogP contribution in [-0.2, 0) is 0 Å². The molecule has 0 aliphatic carbocycles. The number of benzene rings is 1. The van der Waals surface area contributed by atoms with Crippen molar-refractivity contribution in [3.63, 3.8) is 0 Å². The number of allylic oxidation sites excluding steroid dienone is 1. The van der Waals surface area contributed by atoms with E-state index in [0.717, 1.165) is 49.7 Å². The summed E-state index contributed by atoms with van der Waals surface area (Å²) in [4.78, 5) is 13.5. The highest BCUT2D eigenvalue weighted by Gasteiger charge is 2.21. The van der Waals surface area contributed by atoms with Crippen LogP contribution in [0.15, 0.2) is 58.7 Å². The maximum absolute atomic E-state index is 13.7. The van der Waals surface area contributed by atoms with Crippen LogP contribution in [0.3, 0.4) is 0 Å². The Morgan fingerprint density at radius 3 is 2.45 bits per heavy atom. The Labute approximate surface area is 174 Å². The molecule has 0 bridgehead atoms. The summed E-state index contributed by atoms with van der Waals surface area (Å²) < 4.78 is 13.7. The summed E-state index contributed by atoms with van der Waals surface area (Å²) in [5.41, 5.74) is 4.44. The summed E-state index contributed by atoms with van der Waals surface area (Å²) in [6.07, 6.45) is 3.77. The number of hydrogen-bond acceptors (Lipinski definition) is 4. The van der Waals surface area contributed by atoms with Gasteiger partial charge < -0.3 is 4.90 Å². The monoisotopic (exact) mass is 396 g/mol. The minimum absolute atomic E-state index is 0.223. The van der Waals surface area contributed by atoms with E-state index in [1.165, 1.54) is 17.2 Å². The molecule has 0 unspecified atom stereocenters. The van der Waals surface area contributed by atoms with Crippen LogP contribution in [0.2, 0.25) is 0 Å². The van der Waals surface area contributed by atoms with Gasteiger partial charge in [-0.15, -0.1) is 0 Å². The van der Waals surface area contributed by atoms with Crippen LogP contribution in [0, 0.1) is 5.82 Å². The van der Waals surface area contributed by atoms with Gasteiger partial charge in [0.1, 0.15) is 11.6 Å². The number of nitrogens with zero attached hydrogens (tertiary/aromatic N) is 4. The topological polar surface area (TPSA) is 31.7 Å². The van der Waals surface area contributed by atoms with Crippen LogP contribution < -0.4 is 4.90 Å². The summed E-state index contributed by atoms with van der Waals surface area (Å²) in [6.45, 7) is 12.9. The van der Waals surface area contributed by atoms with Crippen LogP contribution in [-0.4, -0.2) is 55.9 Å². The molecule has 2 aromatic rings. The normalized spacial score (nSPS) is 14.5. The average Bonchev–Trinajstić information content (AvgIpc) is 2.75. The maximum atomic E-state index is 13.7. The first-order chi connectivity index (χ1) is 14.1. The number of aromatic nitrogens is 1. The van der Waals surface area contributed by atoms with E-state index in [1.807, 2.05) is 51.5 Å². The van der Waals surface area contributed by atoms with Crippen LogP contribution >= 0.6 is 0 Å². The largest absolute Gasteiger partial charge is 0.354 e. The SMILES string of the molecule is CC.CN=CC(CN1CCN(c2ncccc2-c2cccc(F)c2)CC1)=C(C)C. The summed E-state index contributed by atoms with van der Waals surface area (Å²) in [5, 5.41) is 0. The number of anilines is 1. The van der Waals surface area contributed by atoms with E-state index in [0.29, 0.717) is 0 Å². The molecule has 0 radical (unpaired) electrons. The fourth-order valence-electron chi connectivity index (χ4n) is 3.37. The van der Waals surface area contributed by atoms with Gasteiger partial charge in [-0.1, -0.05) is 31.6 Å². The summed E-state index contributed by atoms with van der Waals surface area (Å²) in [5.74, 6) is 0.708. The zero-order valence-electron chi connectivity index (χ0n) is 18.3. The highest BCUT2D eigenvalue weighted by molar-refractivity contribution is 5.80. The predicted octanol–water partition coefficient (Wildman–Crippen LogP) is 5.07. The molecule has 1 aromatic carbocycles. The van der Waals surface area contributed by atoms with E-state index in [4.69, 9.17) is 0 Å². The molecular weight excluding hydrogens is 363 g/mol. The number of pyridine rings is 1. The standard InChI is InChI=1S/C22H27FN4.C2H6/c1-17(2)19(15-24-3)16-26-10-12-27(13-11-26)22-21(8-5-9-25-22)18-6-4-7-20(23)14-18;1-2/h4-9,14-15H,10-13,16H2,1-3H3;1-2H3. The molecule has 5 heteroatoms. The Bertz CT molecular complexity index is 832. The Kier molecular flexibility index (Phi) is 9.00. The van der Waals surface area contributed by atoms with Gasteiger partial charge in [0.05, 0.1) is 0 Å². The quantitative estimate of drug-likeness (QED) is 0.661. The van der Waals surface area contributed by atoms with Crippen molar-refractivity contribution in [1.29, 1.82) is 0 Å². The van der Waals surface area contributed by atoms with Crippen LogP contribution in [0.5, 0.6) is 0 Å². The Morgan fingerprint density at radius 2 is 1.83 bits per heavy atom. The lowest BCUT2D eigenvalue weighted by molar-refractivity contribution is 0.280. The molecule has 3 rings (SSSR count). The predicted molar refractivity (Wildman–Crippen MR) is 122 cm³/mol. The molecule has 0 amide bonds. The van der Waals surface area contributed by atoms with Gasteiger partial charge in [0.2, 0.25) is 0 Å². The van der Waals surface area contributed by atoms with Crippen molar-refractivity contribution in [3.05, 3.63) is 59.6 Å². The highest BCUT2D eigenvalue weighted by Crippen LogP contribution is 2.29. The first kappa shape index (κ1) is 22.8. The zero-order valence-corrected chi connectivity index (χ0v) is 18.3. The van der Waals surface area contributed by atoms with E-state index in [-0.39, 0.29) is 5.82 Å². The fourth-order valence-corrected chi connectivity index (χ4v) is 3.37. The number of rotatable bonds is 5. The zero-order chi connectivity index (χ0) is 21.2. The summed E-state index contributed by atoms with van der Waals surface area (Å²) >= 11 is 0. The van der Waals surface area contributed by atoms with E-state index < -0.39 is 0 Å². The minimum atomic E-state index is -0.223. The molecule has 0 saturated carbocycles. The van der Waals surface area contributed by atoms with E-state index in [2.05, 4.69) is 33.6 Å². The van der Waals surface area contributed by atoms with Crippen molar-refractivity contribution in [2.24, 2.45) is 4.99 Å². The van der Waals surface area contributed by atoms with E-state index in [9.17, 15) is 4.39 Å². The molecule has 0 N–H and O–H groups in total. The van der Waals surface area contributed by atoms with Gasteiger partial charge >= 0.3 is 0 Å². The second-order valence-corrected chi connectivity index (χ2v) is 7.06. The maximum Gasteiger partial charge on any atom is 0.136 e. The van der Waals surface area contributed by atoms with Crippen molar-refractivity contribution in [1.82, 2.24) is 9.88 Å². The van der Waals surface area contributed by atoms with Gasteiger partial charge in [0.25, 0.3) is 0 Å². The molecular formula is C24H33FN4. The third-order valence-electron chi connectivity index (χ3n) is 4.92. The molecule has 1 fully saturated rings. The molecule has 1 aliphatic rings. The van der Waals surface area contributed by atoms with Gasteiger partial charge in [-0.3, -0.25) is 9.89 Å². The smallest absolute Gasteiger partial charge is 0.136 e. The van der Waals surface area contributed by atoms with Crippen LogP contribution in [0.1, 0.15) is 27.7 Å². The summed E-state index contributed by atoms with van der Waals surface area (Å²) in [7, 11) is 1.82. The molecule has 4 nitrogen and oxygen atoms in total. The van der Waals surface area contributed by atoms with E-state index >= 15 is 0 Å². The first-order valence-corrected chi connectivity index (χ1v) is 10.3. The van der Waals surface area contributed by atoms with Gasteiger partial charge in [-0.2, -0.15) is 0 Å². The molecule has 156 valence electrons. The number of hydrogen-bond donors (Lipinski definition) is 0. The third kappa shape index (κ3) is 6.23. The Morgan fingerprint density at radius 1 is 1.10 bits per heavy atom. The number of halogens is 1. The average molecular weight is 397 g/mol. The lowest BCUT2D eigenvalue weighted by Crippen LogP contribution is -2.47. The molecule has 0 atom stereocenters. The molecule has 2 heterocycles. The van der Waals surface area contributed by atoms with Crippen LogP contribution in [0.25, 0.3) is 11.1 Å². The number of aliphatic imine (C=N–C) groups is 1. The fraction of sp³-hybridized carbons (Fsp3) is 0.417. The van der Waals surface area contributed by atoms with Crippen molar-refractivity contribution in [2.45, 2.75) is 27.7 Å². The van der Waals surface area contributed by atoms with Gasteiger partial charge in [0, 0.05) is 57.7 Å². The van der Waals surface area contributed by atoms with Gasteiger partial charge in [-0.05, 0) is 49.2 Å². The lowest BCUT2D eigenvalue weighted by Gasteiger charge is -2.36. The van der Waals surface area contributed by atoms with Crippen molar-refractivity contribution in [3.8, 4) is 11.1 Å². The van der Waals surface area contributed by atoms with Crippen molar-refractivity contribution in [2.75, 3.05) is 44.7 Å². The van der Waals surface area contributed by atoms with Crippen LogP contribution in [0.4, 0.5) is 10.2 Å². The minimum Gasteiger partial charge on any atom is -0.354 e. The van der Waals surface area contributed by atoms with Crippen molar-refractivity contribution < 1.29 is 4.39 Å². The third-order valence-corrected chi connectivity index (χ3v) is 4.92. The molecule has 1 saturated heterocycles. The second-order valence-electron chi connectivity index (χ2n) is 7.06. The molecule has 1 aliphatic heterocycles. The number of piperazine rings is 1. The lowest BCUT2D eigenvalue weighted by atomic mass is 10.1. The Hall–Kier alpha value is -2.53. The molecule has 0 spiro atoms. The first-order valence-electron chi connectivity index (χ1n) is 10.3. The summed E-state index contributed by atoms with van der Waals surface area (Å²) in [6, 6.07) is 10.6. The second kappa shape index (κ2) is 11.5. The van der Waals surface area contributed by atoms with Gasteiger partial charge in [-0.25, -0.2) is 9.37 Å². The van der Waals surface area contributed by atoms with Gasteiger partial charge in [0.15, 0.2) is 0 Å². The highest BCUT2D eigenvalue weighted by atomic mass is 19.1. The molecule has 1 aromatic heterocycles.